The Kier molecular flexibility index (Phi) is 7.86. The van der Waals surface area contributed by atoms with Gasteiger partial charge in [-0.15, -0.1) is 0 Å². The van der Waals surface area contributed by atoms with Crippen LogP contribution in [-0.2, 0) is 19.6 Å². The van der Waals surface area contributed by atoms with Gasteiger partial charge in [0.15, 0.2) is 0 Å². The number of nitrogens with one attached hydrogen (secondary N) is 2. The molecule has 0 bridgehead atoms. The minimum atomic E-state index is -3.22. The summed E-state index contributed by atoms with van der Waals surface area (Å²) in [5.41, 5.74) is 1.90. The zero-order valence-electron chi connectivity index (χ0n) is 15.5. The number of benzene rings is 1. The van der Waals surface area contributed by atoms with Crippen LogP contribution < -0.4 is 14.9 Å². The van der Waals surface area contributed by atoms with Gasteiger partial charge in [0, 0.05) is 37.4 Å². The molecule has 0 radical (unpaired) electrons. The molecule has 8 heteroatoms. The molecular formula is C18H29N3O4S. The highest BCUT2D eigenvalue weighted by Crippen LogP contribution is 2.19. The van der Waals surface area contributed by atoms with Gasteiger partial charge in [0.25, 0.3) is 0 Å². The number of nitrogens with zero attached hydrogens (tertiary/aromatic N) is 1. The minimum Gasteiger partial charge on any atom is -0.378 e. The quantitative estimate of drug-likeness (QED) is 0.637. The maximum atomic E-state index is 12.0. The van der Waals surface area contributed by atoms with Crippen molar-refractivity contribution in [2.24, 2.45) is 0 Å². The monoisotopic (exact) mass is 383 g/mol. The van der Waals surface area contributed by atoms with E-state index in [4.69, 9.17) is 4.74 Å². The number of amides is 1. The summed E-state index contributed by atoms with van der Waals surface area (Å²) in [5, 5.41) is 2.44. The predicted molar refractivity (Wildman–Crippen MR) is 104 cm³/mol. The van der Waals surface area contributed by atoms with Gasteiger partial charge in [-0.25, -0.2) is 13.1 Å². The van der Waals surface area contributed by atoms with Gasteiger partial charge in [-0.05, 0) is 51.0 Å². The van der Waals surface area contributed by atoms with Crippen molar-refractivity contribution in [3.63, 3.8) is 0 Å². The number of ether oxygens (including phenoxy) is 1. The van der Waals surface area contributed by atoms with Crippen molar-refractivity contribution in [3.05, 3.63) is 24.3 Å². The first-order chi connectivity index (χ1) is 12.4. The summed E-state index contributed by atoms with van der Waals surface area (Å²) < 4.78 is 31.1. The summed E-state index contributed by atoms with van der Waals surface area (Å²) in [6.45, 7) is 6.89. The first-order valence-corrected chi connectivity index (χ1v) is 10.6. The van der Waals surface area contributed by atoms with E-state index in [0.717, 1.165) is 37.7 Å². The second kappa shape index (κ2) is 9.89. The molecular weight excluding hydrogens is 354 g/mol. The number of unbranched alkanes of at least 4 members (excludes halogenated alkanes) is 1. The molecule has 1 fully saturated rings. The topological polar surface area (TPSA) is 87.7 Å². The second-order valence-corrected chi connectivity index (χ2v) is 8.96. The first-order valence-electron chi connectivity index (χ1n) is 9.09. The number of hydrogen-bond acceptors (Lipinski definition) is 5. The summed E-state index contributed by atoms with van der Waals surface area (Å²) in [6.07, 6.45) is 1.64. The van der Waals surface area contributed by atoms with Gasteiger partial charge in [0.05, 0.1) is 18.5 Å². The van der Waals surface area contributed by atoms with E-state index < -0.39 is 15.3 Å². The average molecular weight is 384 g/mol. The molecule has 1 heterocycles. The second-order valence-electron chi connectivity index (χ2n) is 6.64. The van der Waals surface area contributed by atoms with Gasteiger partial charge in [0.2, 0.25) is 15.9 Å². The van der Waals surface area contributed by atoms with Gasteiger partial charge >= 0.3 is 0 Å². The average Bonchev–Trinajstić information content (AvgIpc) is 2.62. The lowest BCUT2D eigenvalue weighted by molar-refractivity contribution is -0.116. The molecule has 7 nitrogen and oxygen atoms in total. The normalized spacial score (nSPS) is 15.3. The molecule has 0 aliphatic carbocycles. The third-order valence-corrected chi connectivity index (χ3v) is 6.13. The Balaban J connectivity index is 1.67. The van der Waals surface area contributed by atoms with Gasteiger partial charge in [-0.1, -0.05) is 0 Å². The molecule has 0 spiro atoms. The molecule has 1 saturated heterocycles. The Bertz CT molecular complexity index is 668. The van der Waals surface area contributed by atoms with E-state index in [1.807, 2.05) is 24.3 Å². The molecule has 2 N–H and O–H groups in total. The number of hydrogen-bond donors (Lipinski definition) is 2. The van der Waals surface area contributed by atoms with Crippen LogP contribution >= 0.6 is 0 Å². The molecule has 1 amide bonds. The zero-order valence-corrected chi connectivity index (χ0v) is 16.3. The fraction of sp³-hybridized carbons (Fsp3) is 0.611. The van der Waals surface area contributed by atoms with Gasteiger partial charge in [-0.3, -0.25) is 4.79 Å². The van der Waals surface area contributed by atoms with Crippen LogP contribution in [0.3, 0.4) is 0 Å². The van der Waals surface area contributed by atoms with Crippen LogP contribution in [0.15, 0.2) is 24.3 Å². The van der Waals surface area contributed by atoms with Crippen molar-refractivity contribution >= 4 is 27.3 Å². The molecule has 1 aromatic carbocycles. The molecule has 26 heavy (non-hydrogen) atoms. The molecule has 1 aliphatic rings. The van der Waals surface area contributed by atoms with Crippen LogP contribution in [0.2, 0.25) is 0 Å². The lowest BCUT2D eigenvalue weighted by atomic mass is 10.2. The van der Waals surface area contributed by atoms with Crippen LogP contribution in [-0.4, -0.2) is 52.4 Å². The van der Waals surface area contributed by atoms with Crippen molar-refractivity contribution in [1.29, 1.82) is 0 Å². The fourth-order valence-electron chi connectivity index (χ4n) is 2.59. The number of carbonyl (C=O) groups excluding carboxylic acids is 1. The Hall–Kier alpha value is -1.64. The van der Waals surface area contributed by atoms with Crippen molar-refractivity contribution in [2.75, 3.05) is 43.1 Å². The molecule has 0 atom stereocenters. The molecule has 2 rings (SSSR count). The SMILES string of the molecule is CC(C)S(=O)(=O)NCCCCC(=O)Nc1ccc(N2CCOCC2)cc1. The summed E-state index contributed by atoms with van der Waals surface area (Å²) in [7, 11) is -3.22. The van der Waals surface area contributed by atoms with E-state index in [1.54, 1.807) is 13.8 Å². The molecule has 0 unspecified atom stereocenters. The molecule has 1 aliphatic heterocycles. The lowest BCUT2D eigenvalue weighted by Crippen LogP contribution is -2.36. The van der Waals surface area contributed by atoms with Crippen molar-refractivity contribution in [1.82, 2.24) is 4.72 Å². The number of anilines is 2. The summed E-state index contributed by atoms with van der Waals surface area (Å²) in [5.74, 6) is -0.0594. The summed E-state index contributed by atoms with van der Waals surface area (Å²) >= 11 is 0. The maximum absolute atomic E-state index is 12.0. The van der Waals surface area contributed by atoms with E-state index in [-0.39, 0.29) is 5.91 Å². The van der Waals surface area contributed by atoms with Gasteiger partial charge in [-0.2, -0.15) is 0 Å². The molecule has 0 saturated carbocycles. The molecule has 1 aromatic rings. The predicted octanol–water partition coefficient (Wildman–Crippen LogP) is 1.96. The minimum absolute atomic E-state index is 0.0594. The highest BCUT2D eigenvalue weighted by Gasteiger charge is 2.14. The zero-order chi connectivity index (χ0) is 19.0. The largest absolute Gasteiger partial charge is 0.378 e. The van der Waals surface area contributed by atoms with Crippen LogP contribution in [0, 0.1) is 0 Å². The first kappa shape index (κ1) is 20.7. The molecule has 146 valence electrons. The van der Waals surface area contributed by atoms with Crippen LogP contribution in [0.5, 0.6) is 0 Å². The summed E-state index contributed by atoms with van der Waals surface area (Å²) in [6, 6.07) is 7.81. The fourth-order valence-corrected chi connectivity index (χ4v) is 3.35. The number of morpholine rings is 1. The smallest absolute Gasteiger partial charge is 0.224 e. The van der Waals surface area contributed by atoms with Crippen molar-refractivity contribution in [2.45, 2.75) is 38.4 Å². The van der Waals surface area contributed by atoms with E-state index in [1.165, 1.54) is 0 Å². The maximum Gasteiger partial charge on any atom is 0.224 e. The highest BCUT2D eigenvalue weighted by molar-refractivity contribution is 7.90. The Morgan fingerprint density at radius 1 is 1.15 bits per heavy atom. The third-order valence-electron chi connectivity index (χ3n) is 4.28. The van der Waals surface area contributed by atoms with Crippen LogP contribution in [0.1, 0.15) is 33.1 Å². The Morgan fingerprint density at radius 3 is 2.42 bits per heavy atom. The van der Waals surface area contributed by atoms with E-state index in [2.05, 4.69) is 14.9 Å². The van der Waals surface area contributed by atoms with E-state index >= 15 is 0 Å². The van der Waals surface area contributed by atoms with Gasteiger partial charge in [0.1, 0.15) is 0 Å². The number of sulfonamides is 1. The highest BCUT2D eigenvalue weighted by atomic mass is 32.2. The number of rotatable bonds is 9. The Labute approximate surface area is 156 Å². The van der Waals surface area contributed by atoms with Gasteiger partial charge < -0.3 is 15.0 Å². The van der Waals surface area contributed by atoms with Crippen LogP contribution in [0.25, 0.3) is 0 Å². The molecule has 0 aromatic heterocycles. The van der Waals surface area contributed by atoms with Crippen LogP contribution in [0.4, 0.5) is 11.4 Å². The summed E-state index contributed by atoms with van der Waals surface area (Å²) in [4.78, 5) is 14.2. The van der Waals surface area contributed by atoms with Crippen molar-refractivity contribution < 1.29 is 17.9 Å². The number of carbonyl (C=O) groups is 1. The lowest BCUT2D eigenvalue weighted by Gasteiger charge is -2.28. The Morgan fingerprint density at radius 2 is 1.81 bits per heavy atom. The van der Waals surface area contributed by atoms with E-state index in [0.29, 0.717) is 25.8 Å². The standard InChI is InChI=1S/C18H29N3O4S/c1-15(2)26(23,24)19-10-4-3-5-18(22)20-16-6-8-17(9-7-16)21-11-13-25-14-12-21/h6-9,15,19H,3-5,10-14H2,1-2H3,(H,20,22). The van der Waals surface area contributed by atoms with Crippen molar-refractivity contribution in [3.8, 4) is 0 Å². The van der Waals surface area contributed by atoms with E-state index in [9.17, 15) is 13.2 Å². The third kappa shape index (κ3) is 6.59.